The molecule has 1 aromatic heterocycles. The zero-order valence-corrected chi connectivity index (χ0v) is 15.3. The number of benzene rings is 1. The Kier molecular flexibility index (Phi) is 5.20. The highest BCUT2D eigenvalue weighted by Gasteiger charge is 2.25. The Hall–Kier alpha value is -1.47. The van der Waals surface area contributed by atoms with Gasteiger partial charge in [-0.3, -0.25) is 4.79 Å². The SMILES string of the molecule is C[C@@H]1CCCC[C@H]1NC(=O)CS(=O)(=O)Cc1nc2ccccc2s1. The lowest BCUT2D eigenvalue weighted by Gasteiger charge is -2.29. The van der Waals surface area contributed by atoms with Crippen molar-refractivity contribution in [3.8, 4) is 0 Å². The van der Waals surface area contributed by atoms with Crippen molar-refractivity contribution in [2.75, 3.05) is 5.75 Å². The first kappa shape index (κ1) is 17.4. The number of aromatic nitrogens is 1. The zero-order chi connectivity index (χ0) is 17.2. The topological polar surface area (TPSA) is 76.1 Å². The number of carbonyl (C=O) groups is 1. The Morgan fingerprint density at radius 2 is 2.04 bits per heavy atom. The molecule has 1 fully saturated rings. The Balaban J connectivity index is 1.61. The minimum Gasteiger partial charge on any atom is -0.352 e. The fraction of sp³-hybridized carbons (Fsp3) is 0.529. The molecule has 1 aliphatic rings. The average molecular weight is 367 g/mol. The van der Waals surface area contributed by atoms with Crippen LogP contribution in [0.3, 0.4) is 0 Å². The maximum atomic E-state index is 12.3. The van der Waals surface area contributed by atoms with Crippen molar-refractivity contribution in [3.05, 3.63) is 29.3 Å². The van der Waals surface area contributed by atoms with E-state index < -0.39 is 21.5 Å². The van der Waals surface area contributed by atoms with Crippen LogP contribution in [0.15, 0.2) is 24.3 Å². The number of rotatable bonds is 5. The first-order valence-corrected chi connectivity index (χ1v) is 10.9. The number of nitrogens with zero attached hydrogens (tertiary/aromatic N) is 1. The van der Waals surface area contributed by atoms with Crippen molar-refractivity contribution in [1.82, 2.24) is 10.3 Å². The molecule has 0 saturated heterocycles. The van der Waals surface area contributed by atoms with Gasteiger partial charge in [0.2, 0.25) is 5.91 Å². The van der Waals surface area contributed by atoms with E-state index in [2.05, 4.69) is 17.2 Å². The maximum absolute atomic E-state index is 12.3. The van der Waals surface area contributed by atoms with Crippen LogP contribution in [-0.4, -0.2) is 31.1 Å². The average Bonchev–Trinajstić information content (AvgIpc) is 2.90. The van der Waals surface area contributed by atoms with Gasteiger partial charge in [-0.15, -0.1) is 11.3 Å². The number of hydrogen-bond acceptors (Lipinski definition) is 5. The summed E-state index contributed by atoms with van der Waals surface area (Å²) in [6.45, 7) is 2.11. The molecule has 1 aliphatic carbocycles. The molecule has 5 nitrogen and oxygen atoms in total. The molecule has 1 amide bonds. The molecular weight excluding hydrogens is 344 g/mol. The number of carbonyl (C=O) groups excluding carboxylic acids is 1. The van der Waals surface area contributed by atoms with E-state index in [1.807, 2.05) is 24.3 Å². The van der Waals surface area contributed by atoms with Gasteiger partial charge in [-0.05, 0) is 30.9 Å². The van der Waals surface area contributed by atoms with Crippen LogP contribution >= 0.6 is 11.3 Å². The number of sulfone groups is 1. The molecule has 0 spiro atoms. The van der Waals surface area contributed by atoms with Crippen LogP contribution in [0.5, 0.6) is 0 Å². The molecule has 0 radical (unpaired) electrons. The van der Waals surface area contributed by atoms with Gasteiger partial charge in [0.05, 0.1) is 10.2 Å². The quantitative estimate of drug-likeness (QED) is 0.883. The highest BCUT2D eigenvalue weighted by Crippen LogP contribution is 2.24. The summed E-state index contributed by atoms with van der Waals surface area (Å²) in [6.07, 6.45) is 4.30. The molecule has 3 rings (SSSR count). The lowest BCUT2D eigenvalue weighted by molar-refractivity contribution is -0.119. The fourth-order valence-electron chi connectivity index (χ4n) is 3.20. The number of nitrogens with one attached hydrogen (secondary N) is 1. The van der Waals surface area contributed by atoms with Crippen LogP contribution in [-0.2, 0) is 20.4 Å². The third kappa shape index (κ3) is 4.33. The van der Waals surface area contributed by atoms with Gasteiger partial charge in [0.1, 0.15) is 16.5 Å². The first-order valence-electron chi connectivity index (χ1n) is 8.27. The minimum absolute atomic E-state index is 0.101. The van der Waals surface area contributed by atoms with Crippen molar-refractivity contribution in [3.63, 3.8) is 0 Å². The second-order valence-electron chi connectivity index (χ2n) is 6.54. The summed E-state index contributed by atoms with van der Waals surface area (Å²) < 4.78 is 25.6. The van der Waals surface area contributed by atoms with Crippen LogP contribution in [0.1, 0.15) is 37.6 Å². The Morgan fingerprint density at radius 3 is 2.79 bits per heavy atom. The molecule has 130 valence electrons. The van der Waals surface area contributed by atoms with Crippen molar-refractivity contribution in [2.24, 2.45) is 5.92 Å². The molecule has 24 heavy (non-hydrogen) atoms. The van der Waals surface area contributed by atoms with Crippen molar-refractivity contribution >= 4 is 37.3 Å². The second-order valence-corrected chi connectivity index (χ2v) is 9.72. The minimum atomic E-state index is -3.51. The predicted octanol–water partition coefficient (Wildman–Crippen LogP) is 2.91. The summed E-state index contributed by atoms with van der Waals surface area (Å²) in [4.78, 5) is 16.5. The van der Waals surface area contributed by atoms with Gasteiger partial charge in [-0.25, -0.2) is 13.4 Å². The summed E-state index contributed by atoms with van der Waals surface area (Å²) in [5, 5.41) is 3.44. The van der Waals surface area contributed by atoms with Crippen LogP contribution < -0.4 is 5.32 Å². The van der Waals surface area contributed by atoms with Crippen molar-refractivity contribution < 1.29 is 13.2 Å². The Morgan fingerprint density at radius 1 is 1.29 bits per heavy atom. The highest BCUT2D eigenvalue weighted by molar-refractivity contribution is 7.91. The van der Waals surface area contributed by atoms with Gasteiger partial charge in [0.25, 0.3) is 0 Å². The van der Waals surface area contributed by atoms with E-state index >= 15 is 0 Å². The van der Waals surface area contributed by atoms with Crippen LogP contribution in [0.4, 0.5) is 0 Å². The predicted molar refractivity (Wildman–Crippen MR) is 96.7 cm³/mol. The molecule has 0 aliphatic heterocycles. The summed E-state index contributed by atoms with van der Waals surface area (Å²) in [5.41, 5.74) is 0.799. The Labute approximate surface area is 146 Å². The maximum Gasteiger partial charge on any atom is 0.235 e. The molecule has 0 unspecified atom stereocenters. The largest absolute Gasteiger partial charge is 0.352 e. The van der Waals surface area contributed by atoms with Crippen LogP contribution in [0, 0.1) is 5.92 Å². The van der Waals surface area contributed by atoms with Gasteiger partial charge in [-0.1, -0.05) is 31.9 Å². The molecule has 1 aromatic carbocycles. The molecule has 2 aromatic rings. The fourth-order valence-corrected chi connectivity index (χ4v) is 5.76. The van der Waals surface area contributed by atoms with E-state index in [0.717, 1.165) is 29.5 Å². The normalized spacial score (nSPS) is 21.7. The molecule has 0 bridgehead atoms. The van der Waals surface area contributed by atoms with Gasteiger partial charge >= 0.3 is 0 Å². The van der Waals surface area contributed by atoms with E-state index in [9.17, 15) is 13.2 Å². The van der Waals surface area contributed by atoms with Gasteiger partial charge < -0.3 is 5.32 Å². The van der Waals surface area contributed by atoms with E-state index in [0.29, 0.717) is 10.9 Å². The number of para-hydroxylation sites is 1. The number of hydrogen-bond donors (Lipinski definition) is 1. The monoisotopic (exact) mass is 366 g/mol. The van der Waals surface area contributed by atoms with E-state index in [1.54, 1.807) is 0 Å². The molecule has 1 saturated carbocycles. The molecule has 2 atom stereocenters. The third-order valence-corrected chi connectivity index (χ3v) is 7.12. The van der Waals surface area contributed by atoms with Gasteiger partial charge in [0, 0.05) is 6.04 Å². The van der Waals surface area contributed by atoms with Crippen molar-refractivity contribution in [1.29, 1.82) is 0 Å². The second kappa shape index (κ2) is 7.19. The van der Waals surface area contributed by atoms with E-state index in [-0.39, 0.29) is 11.8 Å². The standard InChI is InChI=1S/C17H22N2O3S2/c1-12-6-2-3-7-13(12)18-16(20)10-24(21,22)11-17-19-14-8-4-5-9-15(14)23-17/h4-5,8-9,12-13H,2-3,6-7,10-11H2,1H3,(H,18,20)/t12-,13-/m1/s1. The summed E-state index contributed by atoms with van der Waals surface area (Å²) in [7, 11) is -3.51. The summed E-state index contributed by atoms with van der Waals surface area (Å²) >= 11 is 1.37. The smallest absolute Gasteiger partial charge is 0.235 e. The molecule has 7 heteroatoms. The lowest BCUT2D eigenvalue weighted by Crippen LogP contribution is -2.43. The zero-order valence-electron chi connectivity index (χ0n) is 13.7. The Bertz CT molecular complexity index is 796. The third-order valence-electron chi connectivity index (χ3n) is 4.49. The van der Waals surface area contributed by atoms with E-state index in [4.69, 9.17) is 0 Å². The first-order chi connectivity index (χ1) is 11.4. The van der Waals surface area contributed by atoms with Crippen LogP contribution in [0.2, 0.25) is 0 Å². The van der Waals surface area contributed by atoms with Crippen LogP contribution in [0.25, 0.3) is 10.2 Å². The van der Waals surface area contributed by atoms with Crippen molar-refractivity contribution in [2.45, 2.75) is 44.4 Å². The van der Waals surface area contributed by atoms with Gasteiger partial charge in [0.15, 0.2) is 9.84 Å². The van der Waals surface area contributed by atoms with Gasteiger partial charge in [-0.2, -0.15) is 0 Å². The van der Waals surface area contributed by atoms with E-state index in [1.165, 1.54) is 17.8 Å². The number of thiazole rings is 1. The number of fused-ring (bicyclic) bond motifs is 1. The molecular formula is C17H22N2O3S2. The lowest BCUT2D eigenvalue weighted by atomic mass is 9.86. The molecule has 1 heterocycles. The summed E-state index contributed by atoms with van der Waals surface area (Å²) in [6, 6.07) is 7.65. The highest BCUT2D eigenvalue weighted by atomic mass is 32.2. The molecule has 1 N–H and O–H groups in total. The number of amides is 1. The summed E-state index contributed by atoms with van der Waals surface area (Å²) in [5.74, 6) is -0.629.